The van der Waals surface area contributed by atoms with E-state index in [2.05, 4.69) is 5.32 Å². The first-order valence-corrected chi connectivity index (χ1v) is 5.49. The number of aliphatic hydroxyl groups is 1. The van der Waals surface area contributed by atoms with Crippen LogP contribution in [0.3, 0.4) is 0 Å². The van der Waals surface area contributed by atoms with Crippen LogP contribution in [0.2, 0.25) is 0 Å². The standard InChI is InChI=1S/C12H16F3NO/c1-2-10(16-7-11(17)12(14)15)8-3-5-9(13)6-4-8/h3-6,10-12,16-17H,2,7H2,1H3. The largest absolute Gasteiger partial charge is 0.386 e. The SMILES string of the molecule is CCC(NCC(O)C(F)F)c1ccc(F)cc1. The average Bonchev–Trinajstić information content (AvgIpc) is 2.31. The molecule has 2 N–H and O–H groups in total. The lowest BCUT2D eigenvalue weighted by atomic mass is 10.0. The molecular weight excluding hydrogens is 231 g/mol. The van der Waals surface area contributed by atoms with Crippen molar-refractivity contribution in [2.24, 2.45) is 0 Å². The van der Waals surface area contributed by atoms with E-state index >= 15 is 0 Å². The number of rotatable bonds is 6. The smallest absolute Gasteiger partial charge is 0.265 e. The van der Waals surface area contributed by atoms with Crippen molar-refractivity contribution in [1.82, 2.24) is 5.32 Å². The molecule has 0 aliphatic rings. The van der Waals surface area contributed by atoms with Crippen LogP contribution in [0, 0.1) is 5.82 Å². The molecule has 0 saturated carbocycles. The lowest BCUT2D eigenvalue weighted by molar-refractivity contribution is -0.00471. The molecule has 1 aromatic rings. The third-order valence-electron chi connectivity index (χ3n) is 2.54. The first-order chi connectivity index (χ1) is 8.04. The summed E-state index contributed by atoms with van der Waals surface area (Å²) in [6, 6.07) is 5.69. The number of halogens is 3. The van der Waals surface area contributed by atoms with E-state index in [1.54, 1.807) is 12.1 Å². The molecule has 1 rings (SSSR count). The van der Waals surface area contributed by atoms with Crippen molar-refractivity contribution in [3.8, 4) is 0 Å². The monoisotopic (exact) mass is 247 g/mol. The fourth-order valence-electron chi connectivity index (χ4n) is 1.55. The highest BCUT2D eigenvalue weighted by Gasteiger charge is 2.18. The van der Waals surface area contributed by atoms with Crippen LogP contribution in [0.1, 0.15) is 24.9 Å². The van der Waals surface area contributed by atoms with Gasteiger partial charge in [-0.3, -0.25) is 0 Å². The van der Waals surface area contributed by atoms with Crippen LogP contribution in [0.5, 0.6) is 0 Å². The summed E-state index contributed by atoms with van der Waals surface area (Å²) >= 11 is 0. The van der Waals surface area contributed by atoms with Crippen LogP contribution >= 0.6 is 0 Å². The Kier molecular flexibility index (Phi) is 5.44. The maximum Gasteiger partial charge on any atom is 0.265 e. The molecular formula is C12H16F3NO. The fourth-order valence-corrected chi connectivity index (χ4v) is 1.55. The Balaban J connectivity index is 2.57. The van der Waals surface area contributed by atoms with Gasteiger partial charge in [0.15, 0.2) is 0 Å². The summed E-state index contributed by atoms with van der Waals surface area (Å²) in [5.74, 6) is -0.337. The molecule has 5 heteroatoms. The van der Waals surface area contributed by atoms with Gasteiger partial charge in [0.1, 0.15) is 11.9 Å². The Morgan fingerprint density at radius 1 is 1.24 bits per heavy atom. The highest BCUT2D eigenvalue weighted by atomic mass is 19.3. The van der Waals surface area contributed by atoms with Gasteiger partial charge < -0.3 is 10.4 Å². The van der Waals surface area contributed by atoms with E-state index < -0.39 is 12.5 Å². The lowest BCUT2D eigenvalue weighted by Gasteiger charge is -2.19. The molecule has 96 valence electrons. The van der Waals surface area contributed by atoms with E-state index in [0.717, 1.165) is 5.56 Å². The summed E-state index contributed by atoms with van der Waals surface area (Å²) in [5, 5.41) is 11.8. The first kappa shape index (κ1) is 14.0. The van der Waals surface area contributed by atoms with E-state index in [-0.39, 0.29) is 18.4 Å². The highest BCUT2D eigenvalue weighted by molar-refractivity contribution is 5.19. The van der Waals surface area contributed by atoms with E-state index in [0.29, 0.717) is 6.42 Å². The molecule has 1 aromatic carbocycles. The molecule has 0 heterocycles. The van der Waals surface area contributed by atoms with Crippen LogP contribution in [0.15, 0.2) is 24.3 Å². The topological polar surface area (TPSA) is 32.3 Å². The van der Waals surface area contributed by atoms with Gasteiger partial charge in [-0.1, -0.05) is 19.1 Å². The van der Waals surface area contributed by atoms with Gasteiger partial charge in [0.25, 0.3) is 6.43 Å². The highest BCUT2D eigenvalue weighted by Crippen LogP contribution is 2.17. The van der Waals surface area contributed by atoms with E-state index in [9.17, 15) is 13.2 Å². The summed E-state index contributed by atoms with van der Waals surface area (Å²) in [6.45, 7) is 1.70. The van der Waals surface area contributed by atoms with Crippen LogP contribution in [0.25, 0.3) is 0 Å². The zero-order valence-corrected chi connectivity index (χ0v) is 9.54. The Morgan fingerprint density at radius 3 is 2.29 bits per heavy atom. The van der Waals surface area contributed by atoms with Gasteiger partial charge >= 0.3 is 0 Å². The van der Waals surface area contributed by atoms with Gasteiger partial charge in [-0.25, -0.2) is 13.2 Å². The van der Waals surface area contributed by atoms with Crippen molar-refractivity contribution in [3.63, 3.8) is 0 Å². The number of benzene rings is 1. The van der Waals surface area contributed by atoms with Gasteiger partial charge in [-0.2, -0.15) is 0 Å². The molecule has 0 aliphatic heterocycles. The Hall–Kier alpha value is -1.07. The van der Waals surface area contributed by atoms with Gasteiger partial charge in [-0.05, 0) is 24.1 Å². The van der Waals surface area contributed by atoms with Crippen molar-refractivity contribution in [3.05, 3.63) is 35.6 Å². The summed E-state index contributed by atoms with van der Waals surface area (Å²) in [5.41, 5.74) is 0.815. The zero-order valence-electron chi connectivity index (χ0n) is 9.54. The van der Waals surface area contributed by atoms with Crippen molar-refractivity contribution in [1.29, 1.82) is 0 Å². The Labute approximate surface area is 98.5 Å². The quantitative estimate of drug-likeness (QED) is 0.809. The third kappa shape index (κ3) is 4.36. The number of alkyl halides is 2. The lowest BCUT2D eigenvalue weighted by Crippen LogP contribution is -2.34. The maximum absolute atomic E-state index is 12.7. The zero-order chi connectivity index (χ0) is 12.8. The number of hydrogen-bond acceptors (Lipinski definition) is 2. The van der Waals surface area contributed by atoms with Gasteiger partial charge in [0.2, 0.25) is 0 Å². The van der Waals surface area contributed by atoms with Crippen molar-refractivity contribution < 1.29 is 18.3 Å². The molecule has 0 bridgehead atoms. The average molecular weight is 247 g/mol. The van der Waals surface area contributed by atoms with Crippen LogP contribution in [0.4, 0.5) is 13.2 Å². The molecule has 0 fully saturated rings. The molecule has 0 aromatic heterocycles. The van der Waals surface area contributed by atoms with Gasteiger partial charge in [0, 0.05) is 12.6 Å². The predicted molar refractivity (Wildman–Crippen MR) is 59.4 cm³/mol. The van der Waals surface area contributed by atoms with Gasteiger partial charge in [-0.15, -0.1) is 0 Å². The molecule has 0 spiro atoms. The third-order valence-corrected chi connectivity index (χ3v) is 2.54. The minimum atomic E-state index is -2.76. The molecule has 2 unspecified atom stereocenters. The van der Waals surface area contributed by atoms with E-state index in [1.165, 1.54) is 12.1 Å². The van der Waals surface area contributed by atoms with E-state index in [4.69, 9.17) is 5.11 Å². The Bertz CT molecular complexity index is 329. The van der Waals surface area contributed by atoms with Crippen LogP contribution in [-0.4, -0.2) is 24.2 Å². The van der Waals surface area contributed by atoms with Gasteiger partial charge in [0.05, 0.1) is 0 Å². The molecule has 0 saturated heterocycles. The second kappa shape index (κ2) is 6.61. The molecule has 2 atom stereocenters. The van der Waals surface area contributed by atoms with Crippen molar-refractivity contribution >= 4 is 0 Å². The summed E-state index contributed by atoms with van der Waals surface area (Å²) < 4.78 is 36.9. The van der Waals surface area contributed by atoms with Crippen molar-refractivity contribution in [2.75, 3.05) is 6.54 Å². The first-order valence-electron chi connectivity index (χ1n) is 5.49. The maximum atomic E-state index is 12.7. The Morgan fingerprint density at radius 2 is 1.82 bits per heavy atom. The molecule has 0 aliphatic carbocycles. The van der Waals surface area contributed by atoms with E-state index in [1.807, 2.05) is 6.92 Å². The summed E-state index contributed by atoms with van der Waals surface area (Å²) in [6.07, 6.45) is -3.76. The predicted octanol–water partition coefficient (Wildman–Crippen LogP) is 2.49. The summed E-state index contributed by atoms with van der Waals surface area (Å²) in [4.78, 5) is 0. The van der Waals surface area contributed by atoms with Crippen LogP contribution < -0.4 is 5.32 Å². The molecule has 2 nitrogen and oxygen atoms in total. The molecule has 0 radical (unpaired) electrons. The second-order valence-electron chi connectivity index (χ2n) is 3.82. The molecule has 0 amide bonds. The second-order valence-corrected chi connectivity index (χ2v) is 3.82. The minimum Gasteiger partial charge on any atom is -0.386 e. The normalized spacial score (nSPS) is 14.9. The fraction of sp³-hybridized carbons (Fsp3) is 0.500. The number of nitrogens with one attached hydrogen (secondary N) is 1. The molecule has 17 heavy (non-hydrogen) atoms. The number of hydrogen-bond donors (Lipinski definition) is 2. The van der Waals surface area contributed by atoms with Crippen molar-refractivity contribution in [2.45, 2.75) is 31.9 Å². The number of aliphatic hydroxyl groups excluding tert-OH is 1. The summed E-state index contributed by atoms with van der Waals surface area (Å²) in [7, 11) is 0. The minimum absolute atomic E-state index is 0.163. The van der Waals surface area contributed by atoms with Crippen LogP contribution in [-0.2, 0) is 0 Å².